The Morgan fingerprint density at radius 2 is 2.22 bits per heavy atom. The third-order valence-electron chi connectivity index (χ3n) is 4.29. The van der Waals surface area contributed by atoms with Crippen molar-refractivity contribution in [1.82, 2.24) is 9.88 Å². The molecule has 1 amide bonds. The second-order valence-electron chi connectivity index (χ2n) is 6.10. The quantitative estimate of drug-likeness (QED) is 0.848. The van der Waals surface area contributed by atoms with Crippen LogP contribution in [-0.2, 0) is 9.84 Å². The van der Waals surface area contributed by atoms with Crippen LogP contribution in [0.25, 0.3) is 10.2 Å². The summed E-state index contributed by atoms with van der Waals surface area (Å²) >= 11 is 1.52. The zero-order chi connectivity index (χ0) is 16.4. The van der Waals surface area contributed by atoms with Gasteiger partial charge in [-0.25, -0.2) is 13.4 Å². The number of benzene rings is 1. The lowest BCUT2D eigenvalue weighted by Gasteiger charge is -2.36. The molecule has 0 spiro atoms. The molecule has 0 unspecified atom stereocenters. The van der Waals surface area contributed by atoms with Crippen molar-refractivity contribution in [2.45, 2.75) is 31.7 Å². The van der Waals surface area contributed by atoms with Gasteiger partial charge in [-0.05, 0) is 43.9 Å². The van der Waals surface area contributed by atoms with Crippen LogP contribution < -0.4 is 0 Å². The van der Waals surface area contributed by atoms with Crippen LogP contribution in [0.5, 0.6) is 0 Å². The van der Waals surface area contributed by atoms with Gasteiger partial charge < -0.3 is 4.90 Å². The standard InChI is InChI=1S/C16H20N2O3S2/c1-23(20,21)9-7-13-4-2-3-8-18(13)16(19)12-5-6-14-15(10-12)22-11-17-14/h5-6,10-11,13H,2-4,7-9H2,1H3/t13-/m1/s1. The summed E-state index contributed by atoms with van der Waals surface area (Å²) < 4.78 is 23.9. The Morgan fingerprint density at radius 1 is 1.39 bits per heavy atom. The topological polar surface area (TPSA) is 67.3 Å². The first-order valence-corrected chi connectivity index (χ1v) is 10.7. The Hall–Kier alpha value is -1.47. The molecule has 5 nitrogen and oxygen atoms in total. The Kier molecular flexibility index (Phi) is 4.68. The molecule has 1 atom stereocenters. The molecule has 0 saturated carbocycles. The molecule has 23 heavy (non-hydrogen) atoms. The highest BCUT2D eigenvalue weighted by Gasteiger charge is 2.28. The molecule has 0 bridgehead atoms. The predicted molar refractivity (Wildman–Crippen MR) is 92.6 cm³/mol. The van der Waals surface area contributed by atoms with E-state index in [1.54, 1.807) is 5.51 Å². The summed E-state index contributed by atoms with van der Waals surface area (Å²) in [5, 5.41) is 0. The molecule has 3 rings (SSSR count). The number of carbonyl (C=O) groups is 1. The number of fused-ring (bicyclic) bond motifs is 1. The number of aromatic nitrogens is 1. The van der Waals surface area contributed by atoms with Crippen LogP contribution in [0.4, 0.5) is 0 Å². The molecule has 1 aromatic carbocycles. The molecule has 2 aromatic rings. The van der Waals surface area contributed by atoms with Crippen LogP contribution in [0.2, 0.25) is 0 Å². The van der Waals surface area contributed by atoms with E-state index < -0.39 is 9.84 Å². The van der Waals surface area contributed by atoms with E-state index in [0.29, 0.717) is 18.5 Å². The summed E-state index contributed by atoms with van der Waals surface area (Å²) in [6.45, 7) is 0.702. The Bertz CT molecular complexity index is 814. The molecule has 0 N–H and O–H groups in total. The summed E-state index contributed by atoms with van der Waals surface area (Å²) in [5.74, 6) is 0.133. The van der Waals surface area contributed by atoms with Gasteiger partial charge in [0.15, 0.2) is 0 Å². The van der Waals surface area contributed by atoms with E-state index in [1.165, 1.54) is 17.6 Å². The third-order valence-corrected chi connectivity index (χ3v) is 6.06. The molecule has 2 heterocycles. The molecule has 0 aliphatic carbocycles. The van der Waals surface area contributed by atoms with Crippen molar-refractivity contribution in [2.24, 2.45) is 0 Å². The van der Waals surface area contributed by atoms with Crippen LogP contribution in [-0.4, -0.2) is 48.8 Å². The van der Waals surface area contributed by atoms with Gasteiger partial charge in [0, 0.05) is 24.4 Å². The maximum absolute atomic E-state index is 12.9. The van der Waals surface area contributed by atoms with Crippen molar-refractivity contribution in [3.05, 3.63) is 29.3 Å². The number of likely N-dealkylation sites (tertiary alicyclic amines) is 1. The number of thiazole rings is 1. The molecule has 1 aliphatic rings. The van der Waals surface area contributed by atoms with Gasteiger partial charge in [0.1, 0.15) is 9.84 Å². The van der Waals surface area contributed by atoms with Crippen LogP contribution in [0.1, 0.15) is 36.0 Å². The number of amides is 1. The van der Waals surface area contributed by atoms with Crippen molar-refractivity contribution >= 4 is 37.3 Å². The normalized spacial score (nSPS) is 19.2. The van der Waals surface area contributed by atoms with Gasteiger partial charge in [-0.3, -0.25) is 4.79 Å². The molecule has 0 radical (unpaired) electrons. The van der Waals surface area contributed by atoms with Crippen molar-refractivity contribution in [3.63, 3.8) is 0 Å². The summed E-state index contributed by atoms with van der Waals surface area (Å²) in [4.78, 5) is 18.9. The fourth-order valence-corrected chi connectivity index (χ4v) is 4.49. The summed E-state index contributed by atoms with van der Waals surface area (Å²) in [5.41, 5.74) is 3.33. The number of hydrogen-bond donors (Lipinski definition) is 0. The SMILES string of the molecule is CS(=O)(=O)CC[C@H]1CCCCN1C(=O)c1ccc2ncsc2c1. The van der Waals surface area contributed by atoms with E-state index in [9.17, 15) is 13.2 Å². The van der Waals surface area contributed by atoms with Gasteiger partial charge in [-0.15, -0.1) is 11.3 Å². The van der Waals surface area contributed by atoms with Crippen LogP contribution in [0.15, 0.2) is 23.7 Å². The molecule has 124 valence electrons. The fraction of sp³-hybridized carbons (Fsp3) is 0.500. The Balaban J connectivity index is 1.79. The minimum Gasteiger partial charge on any atom is -0.336 e. The second kappa shape index (κ2) is 6.57. The van der Waals surface area contributed by atoms with Gasteiger partial charge in [-0.2, -0.15) is 0 Å². The number of hydrogen-bond acceptors (Lipinski definition) is 5. The number of carbonyl (C=O) groups excluding carboxylic acids is 1. The second-order valence-corrected chi connectivity index (χ2v) is 9.25. The molecule has 1 aromatic heterocycles. The first kappa shape index (κ1) is 16.4. The number of piperidine rings is 1. The van der Waals surface area contributed by atoms with Crippen molar-refractivity contribution < 1.29 is 13.2 Å². The van der Waals surface area contributed by atoms with E-state index in [-0.39, 0.29) is 17.7 Å². The highest BCUT2D eigenvalue weighted by molar-refractivity contribution is 7.90. The van der Waals surface area contributed by atoms with Gasteiger partial charge >= 0.3 is 0 Å². The number of sulfone groups is 1. The third kappa shape index (κ3) is 3.90. The van der Waals surface area contributed by atoms with Crippen LogP contribution in [0.3, 0.4) is 0 Å². The summed E-state index contributed by atoms with van der Waals surface area (Å²) in [7, 11) is -3.00. The lowest BCUT2D eigenvalue weighted by atomic mass is 9.99. The van der Waals surface area contributed by atoms with Crippen molar-refractivity contribution in [3.8, 4) is 0 Å². The first-order valence-electron chi connectivity index (χ1n) is 7.76. The fourth-order valence-electron chi connectivity index (χ4n) is 3.07. The molecular formula is C16H20N2O3S2. The zero-order valence-electron chi connectivity index (χ0n) is 13.1. The van der Waals surface area contributed by atoms with Gasteiger partial charge in [0.05, 0.1) is 21.5 Å². The lowest BCUT2D eigenvalue weighted by molar-refractivity contribution is 0.0609. The minimum atomic E-state index is -3.00. The summed E-state index contributed by atoms with van der Waals surface area (Å²) in [6.07, 6.45) is 4.67. The molecular weight excluding hydrogens is 332 g/mol. The number of nitrogens with zero attached hydrogens (tertiary/aromatic N) is 2. The smallest absolute Gasteiger partial charge is 0.254 e. The van der Waals surface area contributed by atoms with Crippen LogP contribution >= 0.6 is 11.3 Å². The Morgan fingerprint density at radius 3 is 3.00 bits per heavy atom. The highest BCUT2D eigenvalue weighted by atomic mass is 32.2. The minimum absolute atomic E-state index is 0.00139. The van der Waals surface area contributed by atoms with E-state index in [2.05, 4.69) is 4.98 Å². The largest absolute Gasteiger partial charge is 0.336 e. The Labute approximate surface area is 140 Å². The average Bonchev–Trinajstić information content (AvgIpc) is 2.99. The van der Waals surface area contributed by atoms with Gasteiger partial charge in [0.2, 0.25) is 0 Å². The van der Waals surface area contributed by atoms with E-state index >= 15 is 0 Å². The van der Waals surface area contributed by atoms with Crippen LogP contribution in [0, 0.1) is 0 Å². The number of rotatable bonds is 4. The monoisotopic (exact) mass is 352 g/mol. The maximum atomic E-state index is 12.9. The zero-order valence-corrected chi connectivity index (χ0v) is 14.7. The molecule has 1 saturated heterocycles. The predicted octanol–water partition coefficient (Wildman–Crippen LogP) is 2.73. The van der Waals surface area contributed by atoms with E-state index in [4.69, 9.17) is 0 Å². The maximum Gasteiger partial charge on any atom is 0.254 e. The van der Waals surface area contributed by atoms with E-state index in [1.807, 2.05) is 23.1 Å². The van der Waals surface area contributed by atoms with Gasteiger partial charge in [-0.1, -0.05) is 0 Å². The first-order chi connectivity index (χ1) is 10.9. The molecule has 1 fully saturated rings. The molecule has 7 heteroatoms. The summed E-state index contributed by atoms with van der Waals surface area (Å²) in [6, 6.07) is 5.58. The molecule has 1 aliphatic heterocycles. The lowest BCUT2D eigenvalue weighted by Crippen LogP contribution is -2.44. The highest BCUT2D eigenvalue weighted by Crippen LogP contribution is 2.25. The van der Waals surface area contributed by atoms with E-state index in [0.717, 1.165) is 29.5 Å². The van der Waals surface area contributed by atoms with Gasteiger partial charge in [0.25, 0.3) is 5.91 Å². The van der Waals surface area contributed by atoms with Crippen molar-refractivity contribution in [2.75, 3.05) is 18.6 Å². The average molecular weight is 352 g/mol. The van der Waals surface area contributed by atoms with Crippen molar-refractivity contribution in [1.29, 1.82) is 0 Å².